The topological polar surface area (TPSA) is 82.9 Å². The zero-order chi connectivity index (χ0) is 21.7. The zero-order valence-electron chi connectivity index (χ0n) is 15.9. The van der Waals surface area contributed by atoms with E-state index < -0.39 is 20.2 Å². The molecule has 0 aromatic heterocycles. The van der Waals surface area contributed by atoms with Crippen molar-refractivity contribution in [3.63, 3.8) is 0 Å². The summed E-state index contributed by atoms with van der Waals surface area (Å²) in [7, 11) is -5.39. The Morgan fingerprint density at radius 1 is 0.867 bits per heavy atom. The molecule has 1 aliphatic rings. The molecule has 0 fully saturated rings. The number of halogens is 3. The third-order valence-corrected chi connectivity index (χ3v) is 6.14. The first-order valence-corrected chi connectivity index (χ1v) is 10.4. The largest absolute Gasteiger partial charge is 0.501 e. The lowest BCUT2D eigenvalue weighted by atomic mass is 10.00. The van der Waals surface area contributed by atoms with Crippen LogP contribution in [0.1, 0.15) is 13.8 Å². The fourth-order valence-corrected chi connectivity index (χ4v) is 4.09. The molecule has 10 heteroatoms. The molecule has 0 aliphatic carbocycles. The summed E-state index contributed by atoms with van der Waals surface area (Å²) in [4.78, 5) is -0.838. The SMILES string of the molecule is CC1(C)Nc2cccc3c(N=Nc4ccc(S(=O)(=O)C(F)(F)F)cc4)ccc(c23)N1. The molecule has 1 aliphatic heterocycles. The summed E-state index contributed by atoms with van der Waals surface area (Å²) < 4.78 is 60.8. The Morgan fingerprint density at radius 3 is 2.13 bits per heavy atom. The van der Waals surface area contributed by atoms with Crippen molar-refractivity contribution in [2.75, 3.05) is 10.6 Å². The fraction of sp³-hybridized carbons (Fsp3) is 0.200. The minimum absolute atomic E-state index is 0.231. The van der Waals surface area contributed by atoms with E-state index in [4.69, 9.17) is 0 Å². The molecule has 3 aromatic carbocycles. The zero-order valence-corrected chi connectivity index (χ0v) is 16.8. The van der Waals surface area contributed by atoms with Gasteiger partial charge in [0, 0.05) is 22.1 Å². The van der Waals surface area contributed by atoms with Crippen LogP contribution >= 0.6 is 0 Å². The van der Waals surface area contributed by atoms with E-state index in [0.29, 0.717) is 5.69 Å². The molecule has 0 radical (unpaired) electrons. The first-order valence-electron chi connectivity index (χ1n) is 8.93. The molecule has 0 atom stereocenters. The Morgan fingerprint density at radius 2 is 1.50 bits per heavy atom. The monoisotopic (exact) mass is 434 g/mol. The first-order chi connectivity index (χ1) is 14.0. The second-order valence-electron chi connectivity index (χ2n) is 7.38. The van der Waals surface area contributed by atoms with Crippen molar-refractivity contribution in [1.29, 1.82) is 0 Å². The van der Waals surface area contributed by atoms with Crippen molar-refractivity contribution in [2.45, 2.75) is 29.9 Å². The van der Waals surface area contributed by atoms with Gasteiger partial charge in [-0.3, -0.25) is 0 Å². The van der Waals surface area contributed by atoms with Crippen LogP contribution in [0.4, 0.5) is 35.9 Å². The fourth-order valence-electron chi connectivity index (χ4n) is 3.33. The van der Waals surface area contributed by atoms with Crippen LogP contribution < -0.4 is 10.6 Å². The van der Waals surface area contributed by atoms with E-state index in [1.54, 1.807) is 6.07 Å². The minimum Gasteiger partial charge on any atom is -0.363 e. The highest BCUT2D eigenvalue weighted by Gasteiger charge is 2.46. The van der Waals surface area contributed by atoms with Crippen molar-refractivity contribution < 1.29 is 21.6 Å². The third kappa shape index (κ3) is 3.47. The average molecular weight is 434 g/mol. The summed E-state index contributed by atoms with van der Waals surface area (Å²) in [6.07, 6.45) is 0. The molecule has 0 bridgehead atoms. The molecule has 6 nitrogen and oxygen atoms in total. The summed E-state index contributed by atoms with van der Waals surface area (Å²) in [5.74, 6) is 0. The molecule has 2 N–H and O–H groups in total. The molecule has 3 aromatic rings. The van der Waals surface area contributed by atoms with E-state index in [2.05, 4.69) is 20.9 Å². The van der Waals surface area contributed by atoms with Gasteiger partial charge in [0.1, 0.15) is 5.66 Å². The second kappa shape index (κ2) is 6.69. The lowest BCUT2D eigenvalue weighted by Gasteiger charge is -2.36. The van der Waals surface area contributed by atoms with Crippen LogP contribution in [0.3, 0.4) is 0 Å². The average Bonchev–Trinajstić information content (AvgIpc) is 2.66. The normalized spacial score (nSPS) is 15.8. The van der Waals surface area contributed by atoms with Gasteiger partial charge in [0.05, 0.1) is 16.3 Å². The van der Waals surface area contributed by atoms with Crippen molar-refractivity contribution in [3.8, 4) is 0 Å². The molecular weight excluding hydrogens is 417 g/mol. The van der Waals surface area contributed by atoms with E-state index in [1.165, 1.54) is 12.1 Å². The summed E-state index contributed by atoms with van der Waals surface area (Å²) in [5, 5.41) is 16.9. The number of sulfone groups is 1. The van der Waals surface area contributed by atoms with Crippen molar-refractivity contribution >= 4 is 43.4 Å². The van der Waals surface area contributed by atoms with E-state index in [-0.39, 0.29) is 11.4 Å². The number of alkyl halides is 3. The summed E-state index contributed by atoms with van der Waals surface area (Å²) in [5.41, 5.74) is -2.96. The van der Waals surface area contributed by atoms with Crippen molar-refractivity contribution in [2.24, 2.45) is 10.2 Å². The van der Waals surface area contributed by atoms with Gasteiger partial charge in [0.2, 0.25) is 0 Å². The van der Waals surface area contributed by atoms with Gasteiger partial charge in [0.15, 0.2) is 0 Å². The molecule has 0 unspecified atom stereocenters. The minimum atomic E-state index is -5.39. The number of azo groups is 1. The highest BCUT2D eigenvalue weighted by molar-refractivity contribution is 7.92. The molecule has 0 saturated heterocycles. The van der Waals surface area contributed by atoms with Gasteiger partial charge in [-0.15, -0.1) is 5.11 Å². The van der Waals surface area contributed by atoms with Gasteiger partial charge in [-0.1, -0.05) is 12.1 Å². The molecular formula is C20H17F3N4O2S. The molecule has 30 heavy (non-hydrogen) atoms. The Kier molecular flexibility index (Phi) is 4.50. The highest BCUT2D eigenvalue weighted by Crippen LogP contribution is 2.42. The number of hydrogen-bond acceptors (Lipinski definition) is 6. The number of nitrogens with one attached hydrogen (secondary N) is 2. The van der Waals surface area contributed by atoms with Crippen LogP contribution in [0.5, 0.6) is 0 Å². The van der Waals surface area contributed by atoms with Gasteiger partial charge >= 0.3 is 5.51 Å². The van der Waals surface area contributed by atoms with Crippen LogP contribution in [0, 0.1) is 0 Å². The Labute approximate surface area is 170 Å². The van der Waals surface area contributed by atoms with Crippen LogP contribution in [0.25, 0.3) is 10.8 Å². The van der Waals surface area contributed by atoms with Gasteiger partial charge in [-0.05, 0) is 56.3 Å². The third-order valence-electron chi connectivity index (χ3n) is 4.64. The lowest BCUT2D eigenvalue weighted by molar-refractivity contribution is -0.0436. The van der Waals surface area contributed by atoms with E-state index >= 15 is 0 Å². The van der Waals surface area contributed by atoms with Gasteiger partial charge in [0.25, 0.3) is 9.84 Å². The molecule has 1 heterocycles. The standard InChI is InChI=1S/C20H17F3N4O2S/c1-19(2)24-16-5-3-4-14-15(10-11-17(25-19)18(14)16)27-26-12-6-8-13(9-7-12)30(28,29)20(21,22)23/h3-11,24-25H,1-2H3. The number of benzene rings is 3. The highest BCUT2D eigenvalue weighted by atomic mass is 32.2. The maximum atomic E-state index is 12.6. The number of rotatable bonds is 3. The number of nitrogens with zero attached hydrogens (tertiary/aromatic N) is 2. The molecule has 156 valence electrons. The van der Waals surface area contributed by atoms with Gasteiger partial charge in [-0.25, -0.2) is 8.42 Å². The predicted octanol–water partition coefficient (Wildman–Crippen LogP) is 6.12. The van der Waals surface area contributed by atoms with E-state index in [9.17, 15) is 21.6 Å². The second-order valence-corrected chi connectivity index (χ2v) is 9.32. The van der Waals surface area contributed by atoms with Crippen LogP contribution in [-0.2, 0) is 9.84 Å². The maximum Gasteiger partial charge on any atom is 0.501 e. The summed E-state index contributed by atoms with van der Waals surface area (Å²) >= 11 is 0. The Balaban J connectivity index is 1.67. The number of anilines is 2. The van der Waals surface area contributed by atoms with Gasteiger partial charge < -0.3 is 10.6 Å². The summed E-state index contributed by atoms with van der Waals surface area (Å²) in [6, 6.07) is 13.5. The molecule has 0 saturated carbocycles. The van der Waals surface area contributed by atoms with Crippen molar-refractivity contribution in [3.05, 3.63) is 54.6 Å². The van der Waals surface area contributed by atoms with Crippen molar-refractivity contribution in [1.82, 2.24) is 0 Å². The quantitative estimate of drug-likeness (QED) is 0.486. The maximum absolute atomic E-state index is 12.6. The Bertz CT molecular complexity index is 1250. The smallest absolute Gasteiger partial charge is 0.363 e. The predicted molar refractivity (Wildman–Crippen MR) is 109 cm³/mol. The molecule has 0 amide bonds. The van der Waals surface area contributed by atoms with Crippen LogP contribution in [0.15, 0.2) is 69.7 Å². The summed E-state index contributed by atoms with van der Waals surface area (Å²) in [6.45, 7) is 4.04. The van der Waals surface area contributed by atoms with E-state index in [1.807, 2.05) is 38.1 Å². The molecule has 4 rings (SSSR count). The lowest BCUT2D eigenvalue weighted by Crippen LogP contribution is -2.41. The Hall–Kier alpha value is -3.14. The number of hydrogen-bond donors (Lipinski definition) is 2. The molecule has 0 spiro atoms. The van der Waals surface area contributed by atoms with Gasteiger partial charge in [-0.2, -0.15) is 18.3 Å². The first kappa shape index (κ1) is 20.1. The van der Waals surface area contributed by atoms with Crippen LogP contribution in [-0.4, -0.2) is 19.6 Å². The van der Waals surface area contributed by atoms with Crippen LogP contribution in [0.2, 0.25) is 0 Å². The van der Waals surface area contributed by atoms with E-state index in [0.717, 1.165) is 34.3 Å².